The van der Waals surface area contributed by atoms with Crippen molar-refractivity contribution in [2.45, 2.75) is 26.7 Å². The monoisotopic (exact) mass is 385 g/mol. The van der Waals surface area contributed by atoms with Crippen LogP contribution in [-0.2, 0) is 17.6 Å². The van der Waals surface area contributed by atoms with Gasteiger partial charge in [0.05, 0.1) is 0 Å². The highest BCUT2D eigenvalue weighted by molar-refractivity contribution is 6.32. The zero-order valence-electron chi connectivity index (χ0n) is 15.2. The van der Waals surface area contributed by atoms with Gasteiger partial charge in [0.25, 0.3) is 5.91 Å². The molecule has 0 unspecified atom stereocenters. The third-order valence-corrected chi connectivity index (χ3v) is 4.66. The van der Waals surface area contributed by atoms with Gasteiger partial charge in [-0.1, -0.05) is 31.5 Å². The molecule has 0 bridgehead atoms. The molecule has 6 heteroatoms. The molecule has 3 aromatic rings. The fourth-order valence-corrected chi connectivity index (χ4v) is 3.21. The van der Waals surface area contributed by atoms with Gasteiger partial charge in [-0.2, -0.15) is 0 Å². The van der Waals surface area contributed by atoms with E-state index >= 15 is 0 Å². The Labute approximate surface area is 161 Å². The number of fused-ring (bicyclic) bond motifs is 1. The second-order valence-electron chi connectivity index (χ2n) is 6.06. The Morgan fingerprint density at radius 3 is 2.63 bits per heavy atom. The highest BCUT2D eigenvalue weighted by Crippen LogP contribution is 2.29. The molecule has 0 saturated heterocycles. The number of anilines is 1. The third kappa shape index (κ3) is 4.31. The minimum Gasteiger partial charge on any atom is -0.484 e. The molecule has 0 aliphatic rings. The Bertz CT molecular complexity index is 1040. The van der Waals surface area contributed by atoms with Crippen LogP contribution in [0, 0.1) is 0 Å². The summed E-state index contributed by atoms with van der Waals surface area (Å²) in [5, 5.41) is 4.33. The van der Waals surface area contributed by atoms with Crippen LogP contribution >= 0.6 is 11.6 Å². The normalized spacial score (nSPS) is 10.8. The summed E-state index contributed by atoms with van der Waals surface area (Å²) in [4.78, 5) is 23.7. The van der Waals surface area contributed by atoms with Crippen molar-refractivity contribution in [1.29, 1.82) is 0 Å². The smallest absolute Gasteiger partial charge is 0.336 e. The Balaban J connectivity index is 1.74. The van der Waals surface area contributed by atoms with Gasteiger partial charge in [0.1, 0.15) is 11.3 Å². The highest BCUT2D eigenvalue weighted by Gasteiger charge is 2.14. The summed E-state index contributed by atoms with van der Waals surface area (Å²) in [6.07, 6.45) is 1.50. The van der Waals surface area contributed by atoms with E-state index in [2.05, 4.69) is 5.32 Å². The van der Waals surface area contributed by atoms with Crippen molar-refractivity contribution in [2.75, 3.05) is 11.9 Å². The van der Waals surface area contributed by atoms with Gasteiger partial charge in [-0.15, -0.1) is 0 Å². The first-order chi connectivity index (χ1) is 13.0. The predicted molar refractivity (Wildman–Crippen MR) is 107 cm³/mol. The van der Waals surface area contributed by atoms with Crippen LogP contribution < -0.4 is 15.7 Å². The third-order valence-electron chi connectivity index (χ3n) is 4.31. The Morgan fingerprint density at radius 1 is 1.11 bits per heavy atom. The number of hydrogen-bond donors (Lipinski definition) is 1. The van der Waals surface area contributed by atoms with Crippen LogP contribution in [0.1, 0.15) is 25.0 Å². The fourth-order valence-electron chi connectivity index (χ4n) is 2.92. The van der Waals surface area contributed by atoms with Crippen LogP contribution in [0.2, 0.25) is 5.02 Å². The first kappa shape index (κ1) is 19.0. The topological polar surface area (TPSA) is 68.5 Å². The number of carbonyl (C=O) groups is 1. The van der Waals surface area contributed by atoms with E-state index in [4.69, 9.17) is 20.8 Å². The SMILES string of the molecule is CCc1ccc(Cl)c(CC)c1NC(=O)COc1ccc2ccc(=O)oc2c1. The molecule has 1 heterocycles. The minimum atomic E-state index is -0.433. The summed E-state index contributed by atoms with van der Waals surface area (Å²) < 4.78 is 10.7. The molecule has 1 amide bonds. The molecule has 2 aromatic carbocycles. The second-order valence-corrected chi connectivity index (χ2v) is 6.47. The maximum Gasteiger partial charge on any atom is 0.336 e. The average molecular weight is 386 g/mol. The van der Waals surface area contributed by atoms with Gasteiger partial charge in [-0.25, -0.2) is 4.79 Å². The lowest BCUT2D eigenvalue weighted by Crippen LogP contribution is -2.22. The van der Waals surface area contributed by atoms with Gasteiger partial charge in [-0.05, 0) is 48.2 Å². The quantitative estimate of drug-likeness (QED) is 0.630. The zero-order chi connectivity index (χ0) is 19.4. The molecule has 5 nitrogen and oxygen atoms in total. The van der Waals surface area contributed by atoms with Gasteiger partial charge in [0.2, 0.25) is 0 Å². The molecule has 3 rings (SSSR count). The van der Waals surface area contributed by atoms with Crippen molar-refractivity contribution >= 4 is 34.2 Å². The minimum absolute atomic E-state index is 0.165. The highest BCUT2D eigenvalue weighted by atomic mass is 35.5. The Kier molecular flexibility index (Phi) is 5.81. The summed E-state index contributed by atoms with van der Waals surface area (Å²) >= 11 is 6.26. The summed E-state index contributed by atoms with van der Waals surface area (Å²) in [7, 11) is 0. The number of rotatable bonds is 6. The number of halogens is 1. The van der Waals surface area contributed by atoms with E-state index in [1.807, 2.05) is 26.0 Å². The van der Waals surface area contributed by atoms with Crippen LogP contribution in [0.15, 0.2) is 51.7 Å². The maximum absolute atomic E-state index is 12.4. The molecular formula is C21H20ClNO4. The second kappa shape index (κ2) is 8.27. The molecule has 27 heavy (non-hydrogen) atoms. The van der Waals surface area contributed by atoms with Crippen LogP contribution in [0.3, 0.4) is 0 Å². The van der Waals surface area contributed by atoms with Gasteiger partial charge in [-0.3, -0.25) is 4.79 Å². The van der Waals surface area contributed by atoms with Crippen molar-refractivity contribution in [2.24, 2.45) is 0 Å². The maximum atomic E-state index is 12.4. The van der Waals surface area contributed by atoms with E-state index in [-0.39, 0.29) is 12.5 Å². The van der Waals surface area contributed by atoms with Gasteiger partial charge < -0.3 is 14.5 Å². The molecule has 0 fully saturated rings. The molecule has 0 aliphatic heterocycles. The Morgan fingerprint density at radius 2 is 1.89 bits per heavy atom. The van der Waals surface area contributed by atoms with Crippen molar-refractivity contribution in [3.05, 3.63) is 69.0 Å². The molecule has 0 aliphatic carbocycles. The van der Waals surface area contributed by atoms with Crippen molar-refractivity contribution in [3.63, 3.8) is 0 Å². The van der Waals surface area contributed by atoms with Crippen LogP contribution in [0.25, 0.3) is 11.0 Å². The van der Waals surface area contributed by atoms with E-state index in [0.29, 0.717) is 22.8 Å². The fraction of sp³-hybridized carbons (Fsp3) is 0.238. The number of carbonyl (C=O) groups excluding carboxylic acids is 1. The molecule has 1 N–H and O–H groups in total. The van der Waals surface area contributed by atoms with Crippen LogP contribution in [0.4, 0.5) is 5.69 Å². The molecule has 0 spiro atoms. The molecule has 0 saturated carbocycles. The lowest BCUT2D eigenvalue weighted by Gasteiger charge is -2.16. The number of benzene rings is 2. The van der Waals surface area contributed by atoms with E-state index in [9.17, 15) is 9.59 Å². The number of nitrogens with one attached hydrogen (secondary N) is 1. The molecule has 0 radical (unpaired) electrons. The summed E-state index contributed by atoms with van der Waals surface area (Å²) in [6.45, 7) is 3.86. The molecular weight excluding hydrogens is 366 g/mol. The molecule has 1 aromatic heterocycles. The first-order valence-electron chi connectivity index (χ1n) is 8.78. The first-order valence-corrected chi connectivity index (χ1v) is 9.16. The van der Waals surface area contributed by atoms with E-state index < -0.39 is 5.63 Å². The summed E-state index contributed by atoms with van der Waals surface area (Å²) in [6, 6.07) is 11.9. The predicted octanol–water partition coefficient (Wildman–Crippen LogP) is 4.59. The summed E-state index contributed by atoms with van der Waals surface area (Å²) in [5.41, 5.74) is 2.67. The van der Waals surface area contributed by atoms with Crippen molar-refractivity contribution in [1.82, 2.24) is 0 Å². The summed E-state index contributed by atoms with van der Waals surface area (Å²) in [5.74, 6) is 0.167. The largest absolute Gasteiger partial charge is 0.484 e. The van der Waals surface area contributed by atoms with E-state index in [1.54, 1.807) is 24.3 Å². The average Bonchev–Trinajstić information content (AvgIpc) is 2.66. The van der Waals surface area contributed by atoms with E-state index in [1.165, 1.54) is 6.07 Å². The Hall–Kier alpha value is -2.79. The number of hydrogen-bond acceptors (Lipinski definition) is 4. The number of ether oxygens (including phenoxy) is 1. The van der Waals surface area contributed by atoms with Crippen LogP contribution in [0.5, 0.6) is 5.75 Å². The van der Waals surface area contributed by atoms with Gasteiger partial charge in [0.15, 0.2) is 6.61 Å². The number of amides is 1. The zero-order valence-corrected chi connectivity index (χ0v) is 15.9. The molecule has 0 atom stereocenters. The van der Waals surface area contributed by atoms with Gasteiger partial charge in [0, 0.05) is 28.2 Å². The lowest BCUT2D eigenvalue weighted by molar-refractivity contribution is -0.118. The van der Waals surface area contributed by atoms with Crippen molar-refractivity contribution < 1.29 is 13.9 Å². The van der Waals surface area contributed by atoms with Crippen molar-refractivity contribution in [3.8, 4) is 5.75 Å². The van der Waals surface area contributed by atoms with Gasteiger partial charge >= 0.3 is 5.63 Å². The molecule has 140 valence electrons. The number of aryl methyl sites for hydroxylation is 1. The van der Waals surface area contributed by atoms with Crippen LogP contribution in [-0.4, -0.2) is 12.5 Å². The lowest BCUT2D eigenvalue weighted by atomic mass is 10.0. The standard InChI is InChI=1S/C21H20ClNO4/c1-3-13-6-9-17(22)16(4-2)21(13)23-19(24)12-26-15-8-5-14-7-10-20(25)27-18(14)11-15/h5-11H,3-4,12H2,1-2H3,(H,23,24). The van der Waals surface area contributed by atoms with E-state index in [0.717, 1.165) is 28.6 Å².